The van der Waals surface area contributed by atoms with E-state index in [4.69, 9.17) is 5.73 Å². The van der Waals surface area contributed by atoms with Crippen LogP contribution in [-0.2, 0) is 6.42 Å². The molecule has 0 aromatic heterocycles. The average molecular weight is 389 g/mol. The van der Waals surface area contributed by atoms with E-state index in [-0.39, 0.29) is 12.1 Å². The van der Waals surface area contributed by atoms with Crippen LogP contribution < -0.4 is 11.1 Å². The van der Waals surface area contributed by atoms with Gasteiger partial charge in [0.1, 0.15) is 0 Å². The van der Waals surface area contributed by atoms with Crippen molar-refractivity contribution in [3.63, 3.8) is 0 Å². The molecule has 3 aromatic carbocycles. The number of nitrogens with one attached hydrogen (secondary N) is 1. The summed E-state index contributed by atoms with van der Waals surface area (Å²) in [6.07, 6.45) is 2.22. The Kier molecular flexibility index (Phi) is 9.63. The fourth-order valence-electron chi connectivity index (χ4n) is 3.42. The summed E-state index contributed by atoms with van der Waals surface area (Å²) in [6.45, 7) is 6.57. The van der Waals surface area contributed by atoms with Crippen LogP contribution >= 0.6 is 0 Å². The fourth-order valence-corrected chi connectivity index (χ4v) is 3.42. The molecule has 29 heavy (non-hydrogen) atoms. The molecule has 0 spiro atoms. The second kappa shape index (κ2) is 12.2. The van der Waals surface area contributed by atoms with Crippen molar-refractivity contribution in [2.75, 3.05) is 7.05 Å². The summed E-state index contributed by atoms with van der Waals surface area (Å²) < 4.78 is 0. The van der Waals surface area contributed by atoms with Crippen molar-refractivity contribution >= 4 is 0 Å². The second-order valence-electron chi connectivity index (χ2n) is 7.55. The Morgan fingerprint density at radius 2 is 1.28 bits per heavy atom. The SMILES string of the molecule is CCc1cccc([C@H](N)[C@@H](C)CC)c1.CNC(c1ccccc1)c1ccccc1. The quantitative estimate of drug-likeness (QED) is 0.499. The molecule has 3 N–H and O–H groups in total. The van der Waals surface area contributed by atoms with Gasteiger partial charge in [-0.3, -0.25) is 0 Å². The third-order valence-corrected chi connectivity index (χ3v) is 5.56. The topological polar surface area (TPSA) is 38.0 Å². The molecule has 0 fully saturated rings. The predicted octanol–water partition coefficient (Wildman–Crippen LogP) is 6.29. The summed E-state index contributed by atoms with van der Waals surface area (Å²) in [5, 5.41) is 3.33. The highest BCUT2D eigenvalue weighted by Gasteiger charge is 2.12. The Labute approximate surface area is 177 Å². The molecule has 0 bridgehead atoms. The maximum Gasteiger partial charge on any atom is 0.0574 e. The highest BCUT2D eigenvalue weighted by Crippen LogP contribution is 2.22. The Morgan fingerprint density at radius 3 is 1.72 bits per heavy atom. The maximum atomic E-state index is 6.17. The first-order valence-corrected chi connectivity index (χ1v) is 10.7. The third kappa shape index (κ3) is 6.85. The summed E-state index contributed by atoms with van der Waals surface area (Å²) in [7, 11) is 1.99. The van der Waals surface area contributed by atoms with Crippen molar-refractivity contribution in [2.24, 2.45) is 11.7 Å². The summed E-state index contributed by atoms with van der Waals surface area (Å²) in [5.41, 5.74) is 11.4. The number of hydrogen-bond acceptors (Lipinski definition) is 2. The van der Waals surface area contributed by atoms with Crippen LogP contribution in [0.3, 0.4) is 0 Å². The van der Waals surface area contributed by atoms with E-state index in [9.17, 15) is 0 Å². The molecular weight excluding hydrogens is 352 g/mol. The Balaban J connectivity index is 0.000000208. The number of rotatable bonds is 7. The van der Waals surface area contributed by atoms with Crippen molar-refractivity contribution in [2.45, 2.75) is 45.7 Å². The van der Waals surface area contributed by atoms with Gasteiger partial charge in [0, 0.05) is 6.04 Å². The van der Waals surface area contributed by atoms with E-state index in [2.05, 4.69) is 98.9 Å². The molecule has 3 rings (SSSR count). The van der Waals surface area contributed by atoms with E-state index in [0.717, 1.165) is 12.8 Å². The fraction of sp³-hybridized carbons (Fsp3) is 0.333. The normalized spacial score (nSPS) is 12.8. The van der Waals surface area contributed by atoms with Gasteiger partial charge in [-0.2, -0.15) is 0 Å². The Morgan fingerprint density at radius 1 is 0.759 bits per heavy atom. The van der Waals surface area contributed by atoms with Crippen LogP contribution in [0.15, 0.2) is 84.9 Å². The van der Waals surface area contributed by atoms with Crippen molar-refractivity contribution in [3.05, 3.63) is 107 Å². The molecule has 0 aliphatic carbocycles. The molecule has 0 amide bonds. The lowest BCUT2D eigenvalue weighted by Crippen LogP contribution is -2.18. The first-order chi connectivity index (χ1) is 14.1. The molecule has 154 valence electrons. The number of nitrogens with two attached hydrogens (primary N) is 1. The molecular formula is C27H36N2. The minimum Gasteiger partial charge on any atom is -0.324 e. The van der Waals surface area contributed by atoms with Crippen molar-refractivity contribution in [1.29, 1.82) is 0 Å². The van der Waals surface area contributed by atoms with Gasteiger partial charge in [0.15, 0.2) is 0 Å². The lowest BCUT2D eigenvalue weighted by atomic mass is 9.92. The van der Waals surface area contributed by atoms with Gasteiger partial charge >= 0.3 is 0 Å². The molecule has 3 aromatic rings. The van der Waals surface area contributed by atoms with Crippen LogP contribution in [0.4, 0.5) is 0 Å². The monoisotopic (exact) mass is 388 g/mol. The second-order valence-corrected chi connectivity index (χ2v) is 7.55. The highest BCUT2D eigenvalue weighted by atomic mass is 14.9. The minimum absolute atomic E-state index is 0.187. The molecule has 0 saturated carbocycles. The van der Waals surface area contributed by atoms with E-state index in [1.54, 1.807) is 0 Å². The van der Waals surface area contributed by atoms with Crippen molar-refractivity contribution in [3.8, 4) is 0 Å². The lowest BCUT2D eigenvalue weighted by molar-refractivity contribution is 0.456. The standard InChI is InChI=1S/C14H15N.C13H21N/c1-15-14(12-8-4-2-5-9-12)13-10-6-3-7-11-13;1-4-10(3)13(14)12-8-6-7-11(5-2)9-12/h2-11,14-15H,1H3;6-10,13H,4-5,14H2,1-3H3/t;10-,13+/m.0/s1. The summed E-state index contributed by atoms with van der Waals surface area (Å²) in [4.78, 5) is 0. The van der Waals surface area contributed by atoms with Gasteiger partial charge in [0.2, 0.25) is 0 Å². The zero-order chi connectivity index (χ0) is 21.1. The highest BCUT2D eigenvalue weighted by molar-refractivity contribution is 5.31. The van der Waals surface area contributed by atoms with E-state index >= 15 is 0 Å². The summed E-state index contributed by atoms with van der Waals surface area (Å²) >= 11 is 0. The Hall–Kier alpha value is -2.42. The molecule has 0 radical (unpaired) electrons. The van der Waals surface area contributed by atoms with Gasteiger partial charge in [0.25, 0.3) is 0 Å². The lowest BCUT2D eigenvalue weighted by Gasteiger charge is -2.19. The van der Waals surface area contributed by atoms with Crippen LogP contribution in [0.2, 0.25) is 0 Å². The summed E-state index contributed by atoms with van der Waals surface area (Å²) in [6, 6.07) is 30.1. The van der Waals surface area contributed by atoms with Crippen molar-refractivity contribution < 1.29 is 0 Å². The first-order valence-electron chi connectivity index (χ1n) is 10.7. The molecule has 0 aliphatic rings. The molecule has 0 heterocycles. The van der Waals surface area contributed by atoms with Crippen molar-refractivity contribution in [1.82, 2.24) is 5.32 Å². The number of benzene rings is 3. The molecule has 2 atom stereocenters. The van der Waals surface area contributed by atoms with Gasteiger partial charge in [-0.05, 0) is 41.6 Å². The van der Waals surface area contributed by atoms with Gasteiger partial charge in [0.05, 0.1) is 6.04 Å². The molecule has 2 heteroatoms. The first kappa shape index (κ1) is 22.9. The molecule has 0 aliphatic heterocycles. The van der Waals surface area contributed by atoms with E-state index in [1.165, 1.54) is 22.3 Å². The van der Waals surface area contributed by atoms with E-state index in [1.807, 2.05) is 19.2 Å². The number of aryl methyl sites for hydroxylation is 1. The van der Waals surface area contributed by atoms with Crippen LogP contribution in [0, 0.1) is 5.92 Å². The molecule has 2 nitrogen and oxygen atoms in total. The van der Waals surface area contributed by atoms with Crippen LogP contribution in [0.25, 0.3) is 0 Å². The maximum absolute atomic E-state index is 6.17. The minimum atomic E-state index is 0.187. The van der Waals surface area contributed by atoms with E-state index in [0.29, 0.717) is 5.92 Å². The average Bonchev–Trinajstić information content (AvgIpc) is 2.80. The van der Waals surface area contributed by atoms with Crippen LogP contribution in [0.5, 0.6) is 0 Å². The van der Waals surface area contributed by atoms with Crippen LogP contribution in [0.1, 0.15) is 61.5 Å². The predicted molar refractivity (Wildman–Crippen MR) is 126 cm³/mol. The third-order valence-electron chi connectivity index (χ3n) is 5.56. The van der Waals surface area contributed by atoms with E-state index < -0.39 is 0 Å². The van der Waals surface area contributed by atoms with Gasteiger partial charge in [-0.15, -0.1) is 0 Å². The zero-order valence-corrected chi connectivity index (χ0v) is 18.3. The largest absolute Gasteiger partial charge is 0.324 e. The zero-order valence-electron chi connectivity index (χ0n) is 18.3. The molecule has 0 unspecified atom stereocenters. The summed E-state index contributed by atoms with van der Waals surface area (Å²) in [5.74, 6) is 0.558. The smallest absolute Gasteiger partial charge is 0.0574 e. The number of hydrogen-bond donors (Lipinski definition) is 2. The van der Waals surface area contributed by atoms with Crippen LogP contribution in [-0.4, -0.2) is 7.05 Å². The van der Waals surface area contributed by atoms with Gasteiger partial charge in [-0.1, -0.05) is 112 Å². The van der Waals surface area contributed by atoms with Gasteiger partial charge in [-0.25, -0.2) is 0 Å². The van der Waals surface area contributed by atoms with Gasteiger partial charge < -0.3 is 11.1 Å². The Bertz CT molecular complexity index is 775. The molecule has 0 saturated heterocycles.